The van der Waals surface area contributed by atoms with E-state index in [1.54, 1.807) is 0 Å². The molecule has 0 atom stereocenters. The predicted molar refractivity (Wildman–Crippen MR) is 74.6 cm³/mol. The van der Waals surface area contributed by atoms with Gasteiger partial charge in [0.25, 0.3) is 0 Å². The molecule has 0 amide bonds. The molecule has 0 aliphatic heterocycles. The first kappa shape index (κ1) is 11.4. The summed E-state index contributed by atoms with van der Waals surface area (Å²) in [5.41, 5.74) is 7.47. The molecule has 0 spiro atoms. The molecule has 1 aromatic heterocycles. The van der Waals surface area contributed by atoms with E-state index in [4.69, 9.17) is 10.7 Å². The van der Waals surface area contributed by atoms with Gasteiger partial charge in [-0.15, -0.1) is 11.3 Å². The number of nitrogens with zero attached hydrogens (tertiary/aromatic N) is 1. The first-order chi connectivity index (χ1) is 8.68. The minimum absolute atomic E-state index is 0.456. The second kappa shape index (κ2) is 3.80. The molecule has 5 rings (SSSR count). The number of nitrogens with two attached hydrogens (primary N) is 1. The maximum atomic E-state index is 5.83. The van der Waals surface area contributed by atoms with Crippen molar-refractivity contribution in [1.82, 2.24) is 4.98 Å². The van der Waals surface area contributed by atoms with Gasteiger partial charge in [0.15, 0.2) is 0 Å². The van der Waals surface area contributed by atoms with Crippen molar-refractivity contribution < 1.29 is 0 Å². The Kier molecular flexibility index (Phi) is 2.41. The van der Waals surface area contributed by atoms with Crippen LogP contribution in [0.2, 0.25) is 0 Å². The van der Waals surface area contributed by atoms with Crippen molar-refractivity contribution >= 4 is 11.3 Å². The van der Waals surface area contributed by atoms with Gasteiger partial charge in [0.1, 0.15) is 0 Å². The Morgan fingerprint density at radius 2 is 1.72 bits per heavy atom. The Morgan fingerprint density at radius 3 is 2.17 bits per heavy atom. The minimum Gasteiger partial charge on any atom is -0.326 e. The Bertz CT molecular complexity index is 442. The average Bonchev–Trinajstić information content (AvgIpc) is 2.69. The van der Waals surface area contributed by atoms with Crippen LogP contribution < -0.4 is 5.73 Å². The summed E-state index contributed by atoms with van der Waals surface area (Å²) in [6.45, 7) is 2.79. The number of thiazole rings is 1. The monoisotopic (exact) mass is 262 g/mol. The van der Waals surface area contributed by atoms with Crippen LogP contribution in [0.5, 0.6) is 0 Å². The van der Waals surface area contributed by atoms with E-state index in [0.717, 1.165) is 17.8 Å². The van der Waals surface area contributed by atoms with Crippen molar-refractivity contribution in [3.05, 3.63) is 15.6 Å². The molecule has 4 aliphatic rings. The zero-order chi connectivity index (χ0) is 12.3. The van der Waals surface area contributed by atoms with Gasteiger partial charge in [0, 0.05) is 16.8 Å². The standard InChI is InChI=1S/C15H22N2S/c1-9-13(8-16)18-14(17-9)15-5-10-2-11(6-15)4-12(3-10)7-15/h10-12H,2-8,16H2,1H3. The highest BCUT2D eigenvalue weighted by Gasteiger charge is 2.53. The molecule has 0 unspecified atom stereocenters. The molecule has 18 heavy (non-hydrogen) atoms. The van der Waals surface area contributed by atoms with Crippen LogP contribution in [0, 0.1) is 24.7 Å². The Labute approximate surface area is 113 Å². The molecule has 1 heterocycles. The van der Waals surface area contributed by atoms with Crippen molar-refractivity contribution in [3.63, 3.8) is 0 Å². The summed E-state index contributed by atoms with van der Waals surface area (Å²) in [7, 11) is 0. The summed E-state index contributed by atoms with van der Waals surface area (Å²) < 4.78 is 0. The third-order valence-electron chi connectivity index (χ3n) is 5.57. The van der Waals surface area contributed by atoms with Crippen LogP contribution in [0.4, 0.5) is 0 Å². The van der Waals surface area contributed by atoms with E-state index in [0.29, 0.717) is 12.0 Å². The molecule has 1 aromatic rings. The summed E-state index contributed by atoms with van der Waals surface area (Å²) >= 11 is 1.91. The SMILES string of the molecule is Cc1nc(C23CC4CC(CC(C4)C2)C3)sc1CN. The number of aromatic nitrogens is 1. The fraction of sp³-hybridized carbons (Fsp3) is 0.800. The van der Waals surface area contributed by atoms with Crippen LogP contribution in [0.25, 0.3) is 0 Å². The van der Waals surface area contributed by atoms with Crippen LogP contribution >= 0.6 is 11.3 Å². The molecule has 0 radical (unpaired) electrons. The third kappa shape index (κ3) is 1.53. The number of hydrogen-bond donors (Lipinski definition) is 1. The maximum Gasteiger partial charge on any atom is 0.0993 e. The molecule has 0 aromatic carbocycles. The minimum atomic E-state index is 0.456. The zero-order valence-electron chi connectivity index (χ0n) is 11.1. The summed E-state index contributed by atoms with van der Waals surface area (Å²) in [6, 6.07) is 0. The van der Waals surface area contributed by atoms with Crippen molar-refractivity contribution in [1.29, 1.82) is 0 Å². The van der Waals surface area contributed by atoms with E-state index in [9.17, 15) is 0 Å². The van der Waals surface area contributed by atoms with Gasteiger partial charge in [-0.3, -0.25) is 0 Å². The molecule has 3 heteroatoms. The molecule has 0 saturated heterocycles. The Hall–Kier alpha value is -0.410. The van der Waals surface area contributed by atoms with Gasteiger partial charge < -0.3 is 5.73 Å². The molecular weight excluding hydrogens is 240 g/mol. The summed E-state index contributed by atoms with van der Waals surface area (Å²) in [6.07, 6.45) is 8.76. The van der Waals surface area contributed by atoms with Crippen molar-refractivity contribution in [2.45, 2.75) is 57.4 Å². The van der Waals surface area contributed by atoms with E-state index in [2.05, 4.69) is 6.92 Å². The number of rotatable bonds is 2. The van der Waals surface area contributed by atoms with Gasteiger partial charge in [-0.25, -0.2) is 4.98 Å². The summed E-state index contributed by atoms with van der Waals surface area (Å²) in [5, 5.41) is 1.43. The number of aryl methyl sites for hydroxylation is 1. The van der Waals surface area contributed by atoms with Crippen molar-refractivity contribution in [3.8, 4) is 0 Å². The predicted octanol–water partition coefficient (Wildman–Crippen LogP) is 3.38. The molecule has 4 bridgehead atoms. The van der Waals surface area contributed by atoms with Gasteiger partial charge in [-0.1, -0.05) is 0 Å². The van der Waals surface area contributed by atoms with Gasteiger partial charge >= 0.3 is 0 Å². The third-order valence-corrected chi connectivity index (χ3v) is 7.00. The second-order valence-electron chi connectivity index (χ2n) is 6.93. The average molecular weight is 262 g/mol. The molecule has 4 fully saturated rings. The van der Waals surface area contributed by atoms with Crippen LogP contribution in [-0.2, 0) is 12.0 Å². The number of hydrogen-bond acceptors (Lipinski definition) is 3. The Morgan fingerprint density at radius 1 is 1.17 bits per heavy atom. The highest BCUT2D eigenvalue weighted by atomic mass is 32.1. The van der Waals surface area contributed by atoms with Crippen LogP contribution in [0.1, 0.15) is 54.1 Å². The molecule has 2 N–H and O–H groups in total. The molecular formula is C15H22N2S. The lowest BCUT2D eigenvalue weighted by Crippen LogP contribution is -2.48. The highest BCUT2D eigenvalue weighted by Crippen LogP contribution is 2.61. The van der Waals surface area contributed by atoms with Gasteiger partial charge in [0.05, 0.1) is 10.7 Å². The van der Waals surface area contributed by atoms with Gasteiger partial charge in [0.2, 0.25) is 0 Å². The molecule has 98 valence electrons. The zero-order valence-corrected chi connectivity index (χ0v) is 11.9. The summed E-state index contributed by atoms with van der Waals surface area (Å²) in [4.78, 5) is 6.22. The fourth-order valence-electron chi connectivity index (χ4n) is 5.22. The van der Waals surface area contributed by atoms with E-state index in [1.807, 2.05) is 11.3 Å². The van der Waals surface area contributed by atoms with Gasteiger partial charge in [-0.2, -0.15) is 0 Å². The lowest BCUT2D eigenvalue weighted by molar-refractivity contribution is -0.00531. The van der Waals surface area contributed by atoms with Crippen molar-refractivity contribution in [2.75, 3.05) is 0 Å². The quantitative estimate of drug-likeness (QED) is 0.887. The lowest BCUT2D eigenvalue weighted by Gasteiger charge is -2.56. The normalized spacial score (nSPS) is 41.6. The smallest absolute Gasteiger partial charge is 0.0993 e. The molecule has 2 nitrogen and oxygen atoms in total. The topological polar surface area (TPSA) is 38.9 Å². The first-order valence-corrected chi connectivity index (χ1v) is 8.17. The van der Waals surface area contributed by atoms with Crippen LogP contribution in [0.15, 0.2) is 0 Å². The second-order valence-corrected chi connectivity index (χ2v) is 8.01. The molecule has 4 aliphatic carbocycles. The van der Waals surface area contributed by atoms with Crippen LogP contribution in [0.3, 0.4) is 0 Å². The van der Waals surface area contributed by atoms with Gasteiger partial charge in [-0.05, 0) is 63.2 Å². The highest BCUT2D eigenvalue weighted by molar-refractivity contribution is 7.11. The Balaban J connectivity index is 1.74. The fourth-order valence-corrected chi connectivity index (χ4v) is 6.38. The molecule has 4 saturated carbocycles. The van der Waals surface area contributed by atoms with E-state index < -0.39 is 0 Å². The summed E-state index contributed by atoms with van der Waals surface area (Å²) in [5.74, 6) is 3.00. The van der Waals surface area contributed by atoms with E-state index >= 15 is 0 Å². The lowest BCUT2D eigenvalue weighted by atomic mass is 9.50. The van der Waals surface area contributed by atoms with E-state index in [-0.39, 0.29) is 0 Å². The largest absolute Gasteiger partial charge is 0.326 e. The van der Waals surface area contributed by atoms with Crippen molar-refractivity contribution in [2.24, 2.45) is 23.5 Å². The van der Waals surface area contributed by atoms with E-state index in [1.165, 1.54) is 54.1 Å². The maximum absolute atomic E-state index is 5.83. The van der Waals surface area contributed by atoms with Crippen LogP contribution in [-0.4, -0.2) is 4.98 Å². The first-order valence-electron chi connectivity index (χ1n) is 7.35.